The second kappa shape index (κ2) is 7.14. The van der Waals surface area contributed by atoms with Gasteiger partial charge in [-0.1, -0.05) is 23.8 Å². The van der Waals surface area contributed by atoms with E-state index in [-0.39, 0.29) is 5.91 Å². The maximum atomic E-state index is 11.7. The van der Waals surface area contributed by atoms with E-state index in [1.807, 2.05) is 12.1 Å². The normalized spacial score (nSPS) is 10.7. The molecule has 1 rings (SSSR count). The van der Waals surface area contributed by atoms with Crippen LogP contribution in [-0.2, 0) is 0 Å². The first-order valence-electron chi connectivity index (χ1n) is 4.59. The van der Waals surface area contributed by atoms with Crippen molar-refractivity contribution in [1.82, 2.24) is 5.32 Å². The highest BCUT2D eigenvalue weighted by Crippen LogP contribution is 2.17. The van der Waals surface area contributed by atoms with Crippen molar-refractivity contribution in [1.29, 1.82) is 0 Å². The molecule has 0 spiro atoms. The maximum Gasteiger partial charge on any atom is 0.252 e. The molecular formula is C11H10Cl2INO. The lowest BCUT2D eigenvalue weighted by molar-refractivity contribution is 0.0957. The number of hydrogen-bond acceptors (Lipinski definition) is 1. The number of nitrogens with one attached hydrogen (secondary N) is 1. The van der Waals surface area contributed by atoms with Gasteiger partial charge in [-0.15, -0.1) is 11.6 Å². The summed E-state index contributed by atoms with van der Waals surface area (Å²) in [5, 5.41) is 3.31. The Balaban J connectivity index is 2.65. The van der Waals surface area contributed by atoms with Crippen molar-refractivity contribution in [2.24, 2.45) is 0 Å². The smallest absolute Gasteiger partial charge is 0.252 e. The Morgan fingerprint density at radius 1 is 1.44 bits per heavy atom. The molecule has 1 aromatic rings. The van der Waals surface area contributed by atoms with Crippen LogP contribution in [0.2, 0.25) is 5.02 Å². The van der Waals surface area contributed by atoms with Crippen LogP contribution in [-0.4, -0.2) is 18.3 Å². The van der Waals surface area contributed by atoms with Crippen molar-refractivity contribution < 1.29 is 4.79 Å². The average Bonchev–Trinajstić information content (AvgIpc) is 2.27. The molecular weight excluding hydrogens is 360 g/mol. The number of alkyl halides is 1. The molecule has 0 aliphatic heterocycles. The minimum absolute atomic E-state index is 0.133. The van der Waals surface area contributed by atoms with Crippen LogP contribution < -0.4 is 5.32 Å². The summed E-state index contributed by atoms with van der Waals surface area (Å²) < 4.78 is 0.876. The molecule has 16 heavy (non-hydrogen) atoms. The lowest BCUT2D eigenvalue weighted by Gasteiger charge is -2.05. The number of rotatable bonds is 4. The maximum absolute atomic E-state index is 11.7. The molecule has 1 N–H and O–H groups in total. The summed E-state index contributed by atoms with van der Waals surface area (Å²) in [6, 6.07) is 5.23. The highest BCUT2D eigenvalue weighted by atomic mass is 127. The first-order valence-corrected chi connectivity index (χ1v) is 6.58. The van der Waals surface area contributed by atoms with Crippen LogP contribution >= 0.6 is 45.8 Å². The number of carbonyl (C=O) groups excluding carboxylic acids is 1. The largest absolute Gasteiger partial charge is 0.349 e. The van der Waals surface area contributed by atoms with Crippen LogP contribution in [0.4, 0.5) is 0 Å². The Hall–Kier alpha value is -0.260. The number of amides is 1. The predicted molar refractivity (Wildman–Crippen MR) is 76.4 cm³/mol. The predicted octanol–water partition coefficient (Wildman–Crippen LogP) is 3.47. The molecule has 86 valence electrons. The lowest BCUT2D eigenvalue weighted by Crippen LogP contribution is -2.24. The molecule has 0 bridgehead atoms. The van der Waals surface area contributed by atoms with Gasteiger partial charge in [-0.2, -0.15) is 0 Å². The third-order valence-corrected chi connectivity index (χ3v) is 3.16. The summed E-state index contributed by atoms with van der Waals surface area (Å²) in [6.07, 6.45) is 3.59. The highest BCUT2D eigenvalue weighted by molar-refractivity contribution is 14.1. The molecule has 0 aromatic heterocycles. The zero-order chi connectivity index (χ0) is 12.0. The standard InChI is InChI=1S/C11H10Cl2INO/c12-5-1-2-6-15-11(16)9-7-8(13)3-4-10(9)14/h1-4,7H,5-6H2,(H,15,16)/b2-1+. The Morgan fingerprint density at radius 3 is 2.88 bits per heavy atom. The van der Waals surface area contributed by atoms with E-state index in [0.717, 1.165) is 3.57 Å². The van der Waals surface area contributed by atoms with Crippen molar-refractivity contribution in [3.8, 4) is 0 Å². The van der Waals surface area contributed by atoms with Crippen LogP contribution in [0, 0.1) is 3.57 Å². The lowest BCUT2D eigenvalue weighted by atomic mass is 10.2. The number of carbonyl (C=O) groups is 1. The second-order valence-electron chi connectivity index (χ2n) is 2.96. The van der Waals surface area contributed by atoms with Crippen LogP contribution in [0.25, 0.3) is 0 Å². The third-order valence-electron chi connectivity index (χ3n) is 1.81. The minimum atomic E-state index is -0.133. The minimum Gasteiger partial charge on any atom is -0.349 e. The van der Waals surface area contributed by atoms with Gasteiger partial charge in [-0.25, -0.2) is 0 Å². The molecule has 0 atom stereocenters. The van der Waals surface area contributed by atoms with Crippen LogP contribution in [0.15, 0.2) is 30.4 Å². The van der Waals surface area contributed by atoms with Gasteiger partial charge in [-0.05, 0) is 40.8 Å². The average molecular weight is 370 g/mol. The summed E-state index contributed by atoms with van der Waals surface area (Å²) >= 11 is 13.4. The zero-order valence-corrected chi connectivity index (χ0v) is 12.0. The Labute approximate surface area is 118 Å². The van der Waals surface area contributed by atoms with E-state index < -0.39 is 0 Å². The first kappa shape index (κ1) is 13.8. The molecule has 0 radical (unpaired) electrons. The van der Waals surface area contributed by atoms with Crippen molar-refractivity contribution in [3.63, 3.8) is 0 Å². The van der Waals surface area contributed by atoms with Gasteiger partial charge in [-0.3, -0.25) is 4.79 Å². The van der Waals surface area contributed by atoms with Gasteiger partial charge in [0.2, 0.25) is 0 Å². The van der Waals surface area contributed by atoms with Gasteiger partial charge in [0.15, 0.2) is 0 Å². The van der Waals surface area contributed by atoms with Gasteiger partial charge in [0.1, 0.15) is 0 Å². The quantitative estimate of drug-likeness (QED) is 0.491. The first-order chi connectivity index (χ1) is 7.65. The van der Waals surface area contributed by atoms with Crippen molar-refractivity contribution in [2.75, 3.05) is 12.4 Å². The molecule has 1 amide bonds. The van der Waals surface area contributed by atoms with Gasteiger partial charge in [0.05, 0.1) is 5.56 Å². The van der Waals surface area contributed by atoms with Crippen LogP contribution in [0.1, 0.15) is 10.4 Å². The van der Waals surface area contributed by atoms with Crippen molar-refractivity contribution >= 4 is 51.7 Å². The van der Waals surface area contributed by atoms with Gasteiger partial charge in [0.25, 0.3) is 5.91 Å². The fraction of sp³-hybridized carbons (Fsp3) is 0.182. The van der Waals surface area contributed by atoms with E-state index in [1.54, 1.807) is 18.2 Å². The topological polar surface area (TPSA) is 29.1 Å². The summed E-state index contributed by atoms with van der Waals surface area (Å²) in [5.74, 6) is 0.316. The molecule has 0 heterocycles. The fourth-order valence-electron chi connectivity index (χ4n) is 1.06. The second-order valence-corrected chi connectivity index (χ2v) is 4.87. The van der Waals surface area contributed by atoms with Crippen LogP contribution in [0.5, 0.6) is 0 Å². The van der Waals surface area contributed by atoms with E-state index >= 15 is 0 Å². The number of hydrogen-bond donors (Lipinski definition) is 1. The highest BCUT2D eigenvalue weighted by Gasteiger charge is 2.08. The van der Waals surface area contributed by atoms with E-state index in [1.165, 1.54) is 0 Å². The molecule has 0 saturated carbocycles. The summed E-state index contributed by atoms with van der Waals surface area (Å²) in [4.78, 5) is 11.7. The molecule has 0 aliphatic rings. The van der Waals surface area contributed by atoms with E-state index in [2.05, 4.69) is 27.9 Å². The van der Waals surface area contributed by atoms with E-state index in [9.17, 15) is 4.79 Å². The van der Waals surface area contributed by atoms with Crippen molar-refractivity contribution in [3.05, 3.63) is 44.5 Å². The number of allylic oxidation sites excluding steroid dienone is 1. The van der Waals surface area contributed by atoms with Gasteiger partial charge in [0, 0.05) is 21.0 Å². The summed E-state index contributed by atoms with van der Waals surface area (Å²) in [5.41, 5.74) is 0.590. The SMILES string of the molecule is O=C(NC/C=C/CCl)c1cc(Cl)ccc1I. The molecule has 0 aliphatic carbocycles. The monoisotopic (exact) mass is 369 g/mol. The van der Waals surface area contributed by atoms with Gasteiger partial charge < -0.3 is 5.32 Å². The zero-order valence-electron chi connectivity index (χ0n) is 8.34. The molecule has 2 nitrogen and oxygen atoms in total. The van der Waals surface area contributed by atoms with Crippen LogP contribution in [0.3, 0.4) is 0 Å². The Kier molecular flexibility index (Phi) is 6.16. The molecule has 5 heteroatoms. The Morgan fingerprint density at radius 2 is 2.19 bits per heavy atom. The fourth-order valence-corrected chi connectivity index (χ4v) is 1.94. The summed E-state index contributed by atoms with van der Waals surface area (Å²) in [6.45, 7) is 0.466. The summed E-state index contributed by atoms with van der Waals surface area (Å²) in [7, 11) is 0. The molecule has 0 unspecified atom stereocenters. The molecule has 1 aromatic carbocycles. The van der Waals surface area contributed by atoms with E-state index in [4.69, 9.17) is 23.2 Å². The molecule has 0 fully saturated rings. The van der Waals surface area contributed by atoms with Crippen molar-refractivity contribution in [2.45, 2.75) is 0 Å². The van der Waals surface area contributed by atoms with E-state index in [0.29, 0.717) is 23.0 Å². The van der Waals surface area contributed by atoms with Gasteiger partial charge >= 0.3 is 0 Å². The number of halogens is 3. The third kappa shape index (κ3) is 4.31. The Bertz CT molecular complexity index is 407. The number of benzene rings is 1. The molecule has 0 saturated heterocycles.